The average Bonchev–Trinajstić information content (AvgIpc) is 2.57. The molecule has 0 unspecified atom stereocenters. The highest BCUT2D eigenvalue weighted by Gasteiger charge is 2.01. The summed E-state index contributed by atoms with van der Waals surface area (Å²) in [6, 6.07) is 3.65. The van der Waals surface area contributed by atoms with Crippen molar-refractivity contribution in [3.63, 3.8) is 0 Å². The summed E-state index contributed by atoms with van der Waals surface area (Å²) in [4.78, 5) is 10.8. The molecule has 0 spiro atoms. The predicted molar refractivity (Wildman–Crippen MR) is 47.0 cm³/mol. The van der Waals surface area contributed by atoms with Crippen LogP contribution in [0.15, 0.2) is 22.8 Å². The van der Waals surface area contributed by atoms with Gasteiger partial charge in [-0.25, -0.2) is 0 Å². The molecule has 4 heteroatoms. The van der Waals surface area contributed by atoms with Gasteiger partial charge in [-0.05, 0) is 12.1 Å². The Morgan fingerprint density at radius 3 is 3.08 bits per heavy atom. The fourth-order valence-corrected chi connectivity index (χ4v) is 0.910. The van der Waals surface area contributed by atoms with Crippen molar-refractivity contribution in [2.75, 3.05) is 13.2 Å². The van der Waals surface area contributed by atoms with Gasteiger partial charge in [0.1, 0.15) is 5.76 Å². The van der Waals surface area contributed by atoms with Gasteiger partial charge in [-0.15, -0.1) is 0 Å². The maximum absolute atomic E-state index is 10.8. The van der Waals surface area contributed by atoms with Crippen molar-refractivity contribution in [1.82, 2.24) is 0 Å². The number of hydrogen-bond acceptors (Lipinski definition) is 4. The van der Waals surface area contributed by atoms with Gasteiger partial charge in [-0.2, -0.15) is 0 Å². The van der Waals surface area contributed by atoms with Crippen molar-refractivity contribution in [1.29, 1.82) is 0 Å². The summed E-state index contributed by atoms with van der Waals surface area (Å²) in [5.74, 6) is 0.564. The Balaban J connectivity index is 2.11. The largest absolute Gasteiger partial charge is 0.469 e. The van der Waals surface area contributed by atoms with Crippen LogP contribution in [0.3, 0.4) is 0 Å². The minimum absolute atomic E-state index is 0.256. The third-order valence-corrected chi connectivity index (χ3v) is 1.54. The van der Waals surface area contributed by atoms with Gasteiger partial charge in [-0.3, -0.25) is 4.79 Å². The first kappa shape index (κ1) is 9.80. The quantitative estimate of drug-likeness (QED) is 0.683. The number of furan rings is 1. The van der Waals surface area contributed by atoms with Gasteiger partial charge in [0.2, 0.25) is 0 Å². The first-order valence-corrected chi connectivity index (χ1v) is 4.21. The molecule has 4 nitrogen and oxygen atoms in total. The van der Waals surface area contributed by atoms with Crippen LogP contribution in [0.5, 0.6) is 0 Å². The summed E-state index contributed by atoms with van der Waals surface area (Å²) in [6.45, 7) is 0.686. The Labute approximate surface area is 76.7 Å². The number of carbonyl (C=O) groups excluding carboxylic acids is 1. The fraction of sp³-hybridized carbons (Fsp3) is 0.444. The van der Waals surface area contributed by atoms with E-state index < -0.39 is 0 Å². The van der Waals surface area contributed by atoms with Gasteiger partial charge in [0.25, 0.3) is 0 Å². The Hall–Kier alpha value is -1.29. The fourth-order valence-electron chi connectivity index (χ4n) is 0.910. The zero-order chi connectivity index (χ0) is 9.52. The van der Waals surface area contributed by atoms with Crippen LogP contribution < -0.4 is 5.73 Å². The van der Waals surface area contributed by atoms with Gasteiger partial charge < -0.3 is 14.9 Å². The van der Waals surface area contributed by atoms with E-state index in [9.17, 15) is 4.79 Å². The second kappa shape index (κ2) is 5.37. The van der Waals surface area contributed by atoms with E-state index in [1.54, 1.807) is 12.3 Å². The maximum Gasteiger partial charge on any atom is 0.307 e. The first-order valence-electron chi connectivity index (χ1n) is 4.21. The van der Waals surface area contributed by atoms with Crippen molar-refractivity contribution in [3.05, 3.63) is 24.2 Å². The lowest BCUT2D eigenvalue weighted by Crippen LogP contribution is -2.12. The molecular weight excluding hydrogens is 170 g/mol. The van der Waals surface area contributed by atoms with Crippen LogP contribution in [0.4, 0.5) is 0 Å². The maximum atomic E-state index is 10.8. The number of carbonyl (C=O) groups is 1. The highest BCUT2D eigenvalue weighted by atomic mass is 16.5. The molecule has 0 radical (unpaired) electrons. The number of esters is 1. The van der Waals surface area contributed by atoms with Gasteiger partial charge >= 0.3 is 5.97 Å². The Kier molecular flexibility index (Phi) is 4.05. The Morgan fingerprint density at radius 2 is 2.46 bits per heavy atom. The van der Waals surface area contributed by atoms with Crippen LogP contribution in [-0.4, -0.2) is 19.1 Å². The van der Waals surface area contributed by atoms with Crippen molar-refractivity contribution in [3.8, 4) is 0 Å². The van der Waals surface area contributed by atoms with E-state index in [-0.39, 0.29) is 12.4 Å². The molecule has 0 aliphatic rings. The molecule has 13 heavy (non-hydrogen) atoms. The third kappa shape index (κ3) is 3.75. The van der Waals surface area contributed by atoms with E-state index in [1.165, 1.54) is 0 Å². The SMILES string of the molecule is NCCC(=O)OCCc1ccco1. The van der Waals surface area contributed by atoms with Gasteiger partial charge in [0, 0.05) is 13.0 Å². The smallest absolute Gasteiger partial charge is 0.307 e. The molecule has 1 aromatic heterocycles. The average molecular weight is 183 g/mol. The van der Waals surface area contributed by atoms with E-state index in [4.69, 9.17) is 14.9 Å². The summed E-state index contributed by atoms with van der Waals surface area (Å²) < 4.78 is 9.94. The second-order valence-corrected chi connectivity index (χ2v) is 2.59. The van der Waals surface area contributed by atoms with Gasteiger partial charge in [-0.1, -0.05) is 0 Å². The number of hydrogen-bond donors (Lipinski definition) is 1. The van der Waals surface area contributed by atoms with E-state index >= 15 is 0 Å². The van der Waals surface area contributed by atoms with Crippen molar-refractivity contribution in [2.24, 2.45) is 5.73 Å². The normalized spacial score (nSPS) is 9.92. The second-order valence-electron chi connectivity index (χ2n) is 2.59. The molecule has 1 heterocycles. The molecular formula is C9H13NO3. The molecule has 0 aliphatic carbocycles. The van der Waals surface area contributed by atoms with Crippen LogP contribution in [-0.2, 0) is 16.0 Å². The standard InChI is InChI=1S/C9H13NO3/c10-5-3-9(11)13-7-4-8-2-1-6-12-8/h1-2,6H,3-5,7,10H2. The first-order chi connectivity index (χ1) is 6.33. The summed E-state index contributed by atoms with van der Waals surface area (Å²) in [5.41, 5.74) is 5.18. The molecule has 0 amide bonds. The summed E-state index contributed by atoms with van der Waals surface area (Å²) >= 11 is 0. The monoisotopic (exact) mass is 183 g/mol. The highest BCUT2D eigenvalue weighted by molar-refractivity contribution is 5.69. The van der Waals surface area contributed by atoms with Crippen LogP contribution in [0.25, 0.3) is 0 Å². The predicted octanol–water partition coefficient (Wildman–Crippen LogP) is 0.714. The molecule has 0 fully saturated rings. The Bertz CT molecular complexity index is 243. The lowest BCUT2D eigenvalue weighted by atomic mass is 10.3. The number of ether oxygens (including phenoxy) is 1. The van der Waals surface area contributed by atoms with Crippen LogP contribution in [0.2, 0.25) is 0 Å². The van der Waals surface area contributed by atoms with Crippen LogP contribution in [0.1, 0.15) is 12.2 Å². The van der Waals surface area contributed by atoms with Crippen LogP contribution >= 0.6 is 0 Å². The zero-order valence-electron chi connectivity index (χ0n) is 7.36. The lowest BCUT2D eigenvalue weighted by Gasteiger charge is -2.01. The topological polar surface area (TPSA) is 65.5 Å². The number of nitrogens with two attached hydrogens (primary N) is 1. The van der Waals surface area contributed by atoms with Crippen molar-refractivity contribution in [2.45, 2.75) is 12.8 Å². The minimum atomic E-state index is -0.256. The molecule has 0 saturated carbocycles. The van der Waals surface area contributed by atoms with Gasteiger partial charge in [0.15, 0.2) is 0 Å². The summed E-state index contributed by atoms with van der Waals surface area (Å²) in [5, 5.41) is 0. The van der Waals surface area contributed by atoms with E-state index in [2.05, 4.69) is 0 Å². The zero-order valence-corrected chi connectivity index (χ0v) is 7.36. The molecule has 72 valence electrons. The van der Waals surface area contributed by atoms with Crippen molar-refractivity contribution >= 4 is 5.97 Å². The van der Waals surface area contributed by atoms with E-state index in [0.29, 0.717) is 19.6 Å². The third-order valence-electron chi connectivity index (χ3n) is 1.54. The van der Waals surface area contributed by atoms with Crippen LogP contribution in [0, 0.1) is 0 Å². The Morgan fingerprint density at radius 1 is 1.62 bits per heavy atom. The lowest BCUT2D eigenvalue weighted by molar-refractivity contribution is -0.143. The molecule has 0 atom stereocenters. The molecule has 1 rings (SSSR count). The molecule has 0 aromatic carbocycles. The molecule has 0 aliphatic heterocycles. The highest BCUT2D eigenvalue weighted by Crippen LogP contribution is 2.00. The molecule has 2 N–H and O–H groups in total. The molecule has 1 aromatic rings. The molecule has 0 saturated heterocycles. The summed E-state index contributed by atoms with van der Waals surface area (Å²) in [6.07, 6.45) is 2.48. The van der Waals surface area contributed by atoms with E-state index in [0.717, 1.165) is 5.76 Å². The van der Waals surface area contributed by atoms with E-state index in [1.807, 2.05) is 6.07 Å². The number of rotatable bonds is 5. The van der Waals surface area contributed by atoms with Crippen molar-refractivity contribution < 1.29 is 13.9 Å². The summed E-state index contributed by atoms with van der Waals surface area (Å²) in [7, 11) is 0. The van der Waals surface area contributed by atoms with Gasteiger partial charge in [0.05, 0.1) is 19.3 Å². The minimum Gasteiger partial charge on any atom is -0.469 e. The molecule has 0 bridgehead atoms.